The number of hydrogen-bond donors (Lipinski definition) is 2. The number of esters is 1. The van der Waals surface area contributed by atoms with Gasteiger partial charge in [-0.1, -0.05) is 32.6 Å². The smallest absolute Gasteiger partial charge is 0.464 e. The van der Waals surface area contributed by atoms with Crippen LogP contribution in [0.5, 0.6) is 0 Å². The molecule has 3 N–H and O–H groups in total. The van der Waals surface area contributed by atoms with Crippen LogP contribution >= 0.6 is 7.82 Å². The van der Waals surface area contributed by atoms with Crippen LogP contribution in [-0.4, -0.2) is 49.8 Å². The van der Waals surface area contributed by atoms with Crippen molar-refractivity contribution < 1.29 is 37.6 Å². The summed E-state index contributed by atoms with van der Waals surface area (Å²) in [5, 5.41) is 0. The number of phosphoric acid groups is 1. The molecule has 0 radical (unpaired) electrons. The lowest BCUT2D eigenvalue weighted by molar-refractivity contribution is -0.157. The second-order valence-corrected chi connectivity index (χ2v) is 6.55. The lowest BCUT2D eigenvalue weighted by Gasteiger charge is -2.18. The van der Waals surface area contributed by atoms with Gasteiger partial charge in [-0.2, -0.15) is 0 Å². The first-order valence-electron chi connectivity index (χ1n) is 8.01. The Morgan fingerprint density at radius 2 is 1.92 bits per heavy atom. The van der Waals surface area contributed by atoms with Gasteiger partial charge in [-0.15, -0.1) is 0 Å². The molecule has 0 aromatic rings. The summed E-state index contributed by atoms with van der Waals surface area (Å²) in [5.41, 5.74) is 5.16. The average molecular weight is 369 g/mol. The van der Waals surface area contributed by atoms with Gasteiger partial charge >= 0.3 is 13.8 Å². The van der Waals surface area contributed by atoms with Gasteiger partial charge in [0.25, 0.3) is 6.47 Å². The maximum Gasteiger partial charge on any atom is 0.472 e. The largest absolute Gasteiger partial charge is 0.472 e. The van der Waals surface area contributed by atoms with E-state index in [4.69, 9.17) is 15.0 Å². The van der Waals surface area contributed by atoms with Crippen molar-refractivity contribution in [3.8, 4) is 0 Å². The van der Waals surface area contributed by atoms with Crippen molar-refractivity contribution in [3.63, 3.8) is 0 Å². The summed E-state index contributed by atoms with van der Waals surface area (Å²) in [6.07, 6.45) is 4.14. The minimum absolute atomic E-state index is 0.0542. The Kier molecular flexibility index (Phi) is 13.8. The summed E-state index contributed by atoms with van der Waals surface area (Å²) >= 11 is 0. The Labute approximate surface area is 142 Å². The molecule has 0 aliphatic rings. The number of rotatable bonds is 16. The summed E-state index contributed by atoms with van der Waals surface area (Å²) in [7, 11) is -4.29. The standard InChI is InChI=1S/C14H28NO8P/c1-2-3-4-5-6-7-14(17)23-13(10-20-12-16)11-22-24(18,19)21-9-8-15/h12-13H,2-11,15H2,1H3,(H,18,19)/t13-/m1/s1. The zero-order chi connectivity index (χ0) is 18.3. The molecule has 0 rings (SSSR count). The molecular formula is C14H28NO8P. The van der Waals surface area contributed by atoms with Crippen LogP contribution in [0, 0.1) is 0 Å². The number of hydrogen-bond acceptors (Lipinski definition) is 8. The van der Waals surface area contributed by atoms with Crippen molar-refractivity contribution in [2.24, 2.45) is 5.73 Å². The van der Waals surface area contributed by atoms with Crippen molar-refractivity contribution in [2.75, 3.05) is 26.4 Å². The van der Waals surface area contributed by atoms with E-state index >= 15 is 0 Å². The molecular weight excluding hydrogens is 341 g/mol. The fraction of sp³-hybridized carbons (Fsp3) is 0.857. The van der Waals surface area contributed by atoms with E-state index in [9.17, 15) is 19.0 Å². The molecule has 0 aromatic heterocycles. The zero-order valence-corrected chi connectivity index (χ0v) is 14.9. The molecule has 0 fully saturated rings. The molecule has 1 unspecified atom stereocenters. The van der Waals surface area contributed by atoms with E-state index in [0.29, 0.717) is 6.42 Å². The van der Waals surface area contributed by atoms with Crippen LogP contribution in [0.4, 0.5) is 0 Å². The molecule has 0 saturated carbocycles. The summed E-state index contributed by atoms with van der Waals surface area (Å²) in [4.78, 5) is 31.4. The lowest BCUT2D eigenvalue weighted by Crippen LogP contribution is -2.28. The van der Waals surface area contributed by atoms with Gasteiger partial charge in [-0.25, -0.2) is 4.57 Å². The third-order valence-corrected chi connectivity index (χ3v) is 3.91. The molecule has 0 spiro atoms. The van der Waals surface area contributed by atoms with Crippen LogP contribution in [0.2, 0.25) is 0 Å². The molecule has 0 aliphatic heterocycles. The van der Waals surface area contributed by atoms with Gasteiger partial charge in [0, 0.05) is 13.0 Å². The van der Waals surface area contributed by atoms with E-state index < -0.39 is 26.5 Å². The number of phosphoric ester groups is 1. The van der Waals surface area contributed by atoms with E-state index in [1.54, 1.807) is 0 Å². The number of carbonyl (C=O) groups excluding carboxylic acids is 2. The third-order valence-electron chi connectivity index (χ3n) is 2.93. The Bertz CT molecular complexity index is 393. The SMILES string of the molecule is CCCCCCCC(=O)O[C@H](COC=O)COP(=O)(O)OCCN. The minimum atomic E-state index is -4.29. The van der Waals surface area contributed by atoms with Gasteiger partial charge in [0.1, 0.15) is 6.61 Å². The molecule has 0 bridgehead atoms. The molecule has 10 heteroatoms. The highest BCUT2D eigenvalue weighted by Crippen LogP contribution is 2.42. The first-order chi connectivity index (χ1) is 11.4. The second-order valence-electron chi connectivity index (χ2n) is 5.09. The van der Waals surface area contributed by atoms with Crippen LogP contribution in [0.1, 0.15) is 45.4 Å². The van der Waals surface area contributed by atoms with E-state index in [1.165, 1.54) is 0 Å². The molecule has 142 valence electrons. The summed E-state index contributed by atoms with van der Waals surface area (Å²) < 4.78 is 30.4. The van der Waals surface area contributed by atoms with Crippen molar-refractivity contribution >= 4 is 20.3 Å². The summed E-state index contributed by atoms with van der Waals surface area (Å²) in [5.74, 6) is -0.481. The summed E-state index contributed by atoms with van der Waals surface area (Å²) in [6, 6.07) is 0. The predicted molar refractivity (Wildman–Crippen MR) is 86.1 cm³/mol. The fourth-order valence-electron chi connectivity index (χ4n) is 1.76. The Morgan fingerprint density at radius 3 is 2.54 bits per heavy atom. The van der Waals surface area contributed by atoms with E-state index in [0.717, 1.165) is 25.7 Å². The molecule has 0 amide bonds. The number of carbonyl (C=O) groups is 2. The summed E-state index contributed by atoms with van der Waals surface area (Å²) in [6.45, 7) is 1.48. The molecule has 24 heavy (non-hydrogen) atoms. The Morgan fingerprint density at radius 1 is 1.21 bits per heavy atom. The van der Waals surface area contributed by atoms with Gasteiger partial charge in [0.05, 0.1) is 13.2 Å². The van der Waals surface area contributed by atoms with Crippen LogP contribution in [0.25, 0.3) is 0 Å². The molecule has 0 saturated heterocycles. The molecule has 9 nitrogen and oxygen atoms in total. The second kappa shape index (κ2) is 14.4. The molecule has 0 aromatic carbocycles. The van der Waals surface area contributed by atoms with E-state index in [2.05, 4.69) is 16.2 Å². The van der Waals surface area contributed by atoms with Gasteiger partial charge in [-0.05, 0) is 6.42 Å². The first kappa shape index (κ1) is 23.0. The van der Waals surface area contributed by atoms with Crippen molar-refractivity contribution in [1.82, 2.24) is 0 Å². The molecule has 0 heterocycles. The average Bonchev–Trinajstić information content (AvgIpc) is 2.55. The van der Waals surface area contributed by atoms with Gasteiger partial charge < -0.3 is 20.1 Å². The molecule has 0 aliphatic carbocycles. The third kappa shape index (κ3) is 13.4. The van der Waals surface area contributed by atoms with Crippen molar-refractivity contribution in [2.45, 2.75) is 51.6 Å². The Hall–Kier alpha value is -0.990. The highest BCUT2D eigenvalue weighted by molar-refractivity contribution is 7.47. The first-order valence-corrected chi connectivity index (χ1v) is 9.51. The number of unbranched alkanes of at least 4 members (excludes halogenated alkanes) is 4. The van der Waals surface area contributed by atoms with Crippen molar-refractivity contribution in [3.05, 3.63) is 0 Å². The maximum absolute atomic E-state index is 11.7. The van der Waals surface area contributed by atoms with Gasteiger partial charge in [0.2, 0.25) is 0 Å². The zero-order valence-electron chi connectivity index (χ0n) is 14.1. The monoisotopic (exact) mass is 369 g/mol. The minimum Gasteiger partial charge on any atom is -0.464 e. The van der Waals surface area contributed by atoms with Crippen LogP contribution in [-0.2, 0) is 32.7 Å². The number of ether oxygens (including phenoxy) is 2. The highest BCUT2D eigenvalue weighted by atomic mass is 31.2. The van der Waals surface area contributed by atoms with Gasteiger partial charge in [0.15, 0.2) is 6.10 Å². The fourth-order valence-corrected chi connectivity index (χ4v) is 2.53. The van der Waals surface area contributed by atoms with Crippen molar-refractivity contribution in [1.29, 1.82) is 0 Å². The van der Waals surface area contributed by atoms with Crippen LogP contribution < -0.4 is 5.73 Å². The van der Waals surface area contributed by atoms with Crippen LogP contribution in [0.3, 0.4) is 0 Å². The maximum atomic E-state index is 11.7. The number of nitrogens with two attached hydrogens (primary N) is 1. The lowest BCUT2D eigenvalue weighted by atomic mass is 10.1. The topological polar surface area (TPSA) is 134 Å². The van der Waals surface area contributed by atoms with Crippen LogP contribution in [0.15, 0.2) is 0 Å². The van der Waals surface area contributed by atoms with E-state index in [-0.39, 0.29) is 32.7 Å². The Balaban J connectivity index is 4.22. The normalized spacial score (nSPS) is 14.6. The highest BCUT2D eigenvalue weighted by Gasteiger charge is 2.25. The van der Waals surface area contributed by atoms with E-state index in [1.807, 2.05) is 0 Å². The quantitative estimate of drug-likeness (QED) is 0.180. The molecule has 2 atom stereocenters. The predicted octanol–water partition coefficient (Wildman–Crippen LogP) is 1.52. The van der Waals surface area contributed by atoms with Gasteiger partial charge in [-0.3, -0.25) is 18.6 Å².